The molecular weight excluding hydrogens is 857 g/mol. The van der Waals surface area contributed by atoms with Gasteiger partial charge in [0.15, 0.2) is 0 Å². The maximum Gasteiger partial charge on any atom is 0.136 e. The fourth-order valence-electron chi connectivity index (χ4n) is 10.2. The molecule has 0 radical (unpaired) electrons. The molecule has 7 nitrogen and oxygen atoms in total. The van der Waals surface area contributed by atoms with Gasteiger partial charge in [-0.1, -0.05) is 129 Å². The highest BCUT2D eigenvalue weighted by Crippen LogP contribution is 2.45. The fourth-order valence-corrected chi connectivity index (χ4v) is 10.2. The van der Waals surface area contributed by atoms with Crippen molar-refractivity contribution >= 4 is 43.5 Å². The van der Waals surface area contributed by atoms with Gasteiger partial charge in [-0.3, -0.25) is 0 Å². The van der Waals surface area contributed by atoms with Crippen LogP contribution in [0.4, 0.5) is 0 Å². The quantitative estimate of drug-likeness (QED) is 0.0418. The molecule has 0 unspecified atom stereocenters. The maximum absolute atomic E-state index is 6.42. The summed E-state index contributed by atoms with van der Waals surface area (Å²) in [5.74, 6) is 0. The Hall–Kier alpha value is -5.38. The van der Waals surface area contributed by atoms with Crippen molar-refractivity contribution in [2.75, 3.05) is 66.1 Å². The van der Waals surface area contributed by atoms with Crippen LogP contribution in [-0.4, -0.2) is 66.1 Å². The Morgan fingerprint density at radius 2 is 0.884 bits per heavy atom. The van der Waals surface area contributed by atoms with Crippen molar-refractivity contribution < 1.29 is 32.8 Å². The van der Waals surface area contributed by atoms with Crippen LogP contribution >= 0.6 is 0 Å². The highest BCUT2D eigenvalue weighted by atomic mass is 16.5. The summed E-state index contributed by atoms with van der Waals surface area (Å²) < 4.78 is 41.5. The van der Waals surface area contributed by atoms with E-state index in [2.05, 4.69) is 147 Å². The van der Waals surface area contributed by atoms with E-state index in [-0.39, 0.29) is 10.8 Å². The summed E-state index contributed by atoms with van der Waals surface area (Å²) in [4.78, 5) is 0. The Morgan fingerprint density at radius 1 is 0.420 bits per heavy atom. The van der Waals surface area contributed by atoms with Crippen molar-refractivity contribution in [3.8, 4) is 33.4 Å². The zero-order chi connectivity index (χ0) is 46.9. The molecule has 2 fully saturated rings. The molecule has 0 spiro atoms. The summed E-state index contributed by atoms with van der Waals surface area (Å²) in [6.07, 6.45) is 8.64. The molecule has 8 aromatic rings. The Balaban J connectivity index is 0.797. The molecule has 7 aromatic carbocycles. The van der Waals surface area contributed by atoms with Crippen molar-refractivity contribution in [1.82, 2.24) is 0 Å². The Bertz CT molecular complexity index is 2870. The summed E-state index contributed by atoms with van der Waals surface area (Å²) in [5, 5.41) is 7.22. The van der Waals surface area contributed by atoms with E-state index in [4.69, 9.17) is 32.8 Å². The number of rotatable bonds is 25. The molecule has 0 amide bonds. The molecule has 3 heterocycles. The number of hydrogen-bond acceptors (Lipinski definition) is 7. The lowest BCUT2D eigenvalue weighted by molar-refractivity contribution is -0.150. The van der Waals surface area contributed by atoms with Crippen molar-refractivity contribution in [2.24, 2.45) is 10.8 Å². The van der Waals surface area contributed by atoms with Crippen LogP contribution in [-0.2, 0) is 41.6 Å². The van der Waals surface area contributed by atoms with E-state index in [1.807, 2.05) is 0 Å². The first kappa shape index (κ1) is 47.3. The van der Waals surface area contributed by atoms with Crippen LogP contribution in [0, 0.1) is 10.8 Å². The highest BCUT2D eigenvalue weighted by molar-refractivity contribution is 6.21. The third kappa shape index (κ3) is 10.6. The Kier molecular flexibility index (Phi) is 15.2. The van der Waals surface area contributed by atoms with Crippen molar-refractivity contribution in [1.29, 1.82) is 0 Å². The van der Waals surface area contributed by atoms with Gasteiger partial charge in [-0.2, -0.15) is 0 Å². The molecule has 1 aromatic heterocycles. The van der Waals surface area contributed by atoms with Crippen molar-refractivity contribution in [3.63, 3.8) is 0 Å². The van der Waals surface area contributed by atoms with Crippen LogP contribution in [0.5, 0.6) is 0 Å². The van der Waals surface area contributed by atoms with Crippen molar-refractivity contribution in [3.05, 3.63) is 145 Å². The van der Waals surface area contributed by atoms with Crippen LogP contribution < -0.4 is 0 Å². The van der Waals surface area contributed by atoms with Gasteiger partial charge >= 0.3 is 0 Å². The van der Waals surface area contributed by atoms with E-state index < -0.39 is 0 Å². The first-order chi connectivity index (χ1) is 34.1. The van der Waals surface area contributed by atoms with Gasteiger partial charge in [-0.25, -0.2) is 0 Å². The van der Waals surface area contributed by atoms with Gasteiger partial charge in [0.2, 0.25) is 0 Å². The van der Waals surface area contributed by atoms with E-state index in [0.717, 1.165) is 156 Å². The van der Waals surface area contributed by atoms with Crippen LogP contribution in [0.2, 0.25) is 0 Å². The SMILES string of the molecule is CCC1(COCCCCCOCc2ccc(-c3c4ccccc4c(-c4ccc(-c5cccc6oc7ccc(COCCCCCOCC8(CC)COC8)cc7c56)cc4)c4ccccc34)cc2)COC1. The minimum Gasteiger partial charge on any atom is -0.456 e. The van der Waals surface area contributed by atoms with Crippen LogP contribution in [0.3, 0.4) is 0 Å². The molecule has 0 atom stereocenters. The van der Waals surface area contributed by atoms with Crippen LogP contribution in [0.15, 0.2) is 138 Å². The molecule has 0 aliphatic carbocycles. The molecule has 358 valence electrons. The molecule has 2 saturated heterocycles. The predicted molar refractivity (Wildman–Crippen MR) is 281 cm³/mol. The molecule has 0 saturated carbocycles. The summed E-state index contributed by atoms with van der Waals surface area (Å²) in [7, 11) is 0. The Morgan fingerprint density at radius 3 is 1.38 bits per heavy atom. The second kappa shape index (κ2) is 22.1. The highest BCUT2D eigenvalue weighted by Gasteiger charge is 2.37. The summed E-state index contributed by atoms with van der Waals surface area (Å²) >= 11 is 0. The predicted octanol–water partition coefficient (Wildman–Crippen LogP) is 15.2. The molecule has 2 aliphatic heterocycles. The molecule has 10 rings (SSSR count). The maximum atomic E-state index is 6.42. The summed E-state index contributed by atoms with van der Waals surface area (Å²) in [6.45, 7) is 13.7. The molecule has 7 heteroatoms. The monoisotopic (exact) mass is 924 g/mol. The fraction of sp³-hybridized carbons (Fsp3) is 0.387. The number of hydrogen-bond donors (Lipinski definition) is 0. The summed E-state index contributed by atoms with van der Waals surface area (Å²) in [5.41, 5.74) is 11.9. The van der Waals surface area contributed by atoms with E-state index in [1.165, 1.54) is 49.4 Å². The van der Waals surface area contributed by atoms with Gasteiger partial charge in [0.1, 0.15) is 11.2 Å². The normalized spacial score (nSPS) is 15.3. The van der Waals surface area contributed by atoms with Gasteiger partial charge < -0.3 is 32.8 Å². The third-order valence-electron chi connectivity index (χ3n) is 14.9. The molecule has 2 aliphatic rings. The van der Waals surface area contributed by atoms with Gasteiger partial charge in [0.25, 0.3) is 0 Å². The number of ether oxygens (including phenoxy) is 6. The van der Waals surface area contributed by atoms with E-state index in [9.17, 15) is 0 Å². The Labute approximate surface area is 408 Å². The van der Waals surface area contributed by atoms with Gasteiger partial charge in [-0.15, -0.1) is 0 Å². The minimum atomic E-state index is 0.254. The third-order valence-corrected chi connectivity index (χ3v) is 14.9. The lowest BCUT2D eigenvalue weighted by Crippen LogP contribution is -2.45. The molecule has 69 heavy (non-hydrogen) atoms. The first-order valence-corrected chi connectivity index (χ1v) is 25.6. The summed E-state index contributed by atoms with van der Waals surface area (Å²) in [6, 6.07) is 48.7. The first-order valence-electron chi connectivity index (χ1n) is 25.6. The average molecular weight is 925 g/mol. The number of furan rings is 1. The number of fused-ring (bicyclic) bond motifs is 5. The van der Waals surface area contributed by atoms with Gasteiger partial charge in [-0.05, 0) is 136 Å². The van der Waals surface area contributed by atoms with Crippen molar-refractivity contribution in [2.45, 2.75) is 78.4 Å². The van der Waals surface area contributed by atoms with Crippen LogP contribution in [0.25, 0.3) is 76.9 Å². The second-order valence-electron chi connectivity index (χ2n) is 19.8. The largest absolute Gasteiger partial charge is 0.456 e. The zero-order valence-corrected chi connectivity index (χ0v) is 40.7. The molecular formula is C62H68O7. The average Bonchev–Trinajstić information content (AvgIpc) is 3.74. The van der Waals surface area contributed by atoms with Gasteiger partial charge in [0, 0.05) is 48.0 Å². The van der Waals surface area contributed by atoms with Gasteiger partial charge in [0.05, 0.1) is 52.9 Å². The van der Waals surface area contributed by atoms with E-state index >= 15 is 0 Å². The molecule has 0 bridgehead atoms. The number of unbranched alkanes of at least 4 members (excludes halogenated alkanes) is 4. The molecule has 0 N–H and O–H groups in total. The lowest BCUT2D eigenvalue weighted by atomic mass is 9.84. The second-order valence-corrected chi connectivity index (χ2v) is 19.8. The lowest BCUT2D eigenvalue weighted by Gasteiger charge is -2.40. The topological polar surface area (TPSA) is 68.5 Å². The zero-order valence-electron chi connectivity index (χ0n) is 40.7. The standard InChI is InChI=1S/C62H68O7/c1-3-61(41-67-42-61)39-65-34-13-5-11-32-63-37-45-22-25-48(26-23-45)58-51-16-7-9-18-53(51)59(54-19-10-8-17-52(54)58)49-29-27-47(28-30-49)50-20-15-21-57-60(50)55-36-46(24-31-56(55)69-57)38-64-33-12-6-14-35-66-40-62(4-2)43-68-44-62/h7-10,15-31,36H,3-6,11-14,32-35,37-44H2,1-2H3. The van der Waals surface area contributed by atoms with E-state index in [1.54, 1.807) is 0 Å². The van der Waals surface area contributed by atoms with Crippen LogP contribution in [0.1, 0.15) is 76.3 Å². The smallest absolute Gasteiger partial charge is 0.136 e. The number of benzene rings is 7. The minimum absolute atomic E-state index is 0.254. The van der Waals surface area contributed by atoms with E-state index in [0.29, 0.717) is 13.2 Å².